The molecule has 3 N–H and O–H groups in total. The molecule has 0 saturated carbocycles. The van der Waals surface area contributed by atoms with Crippen LogP contribution in [0.2, 0.25) is 0 Å². The molecule has 2 amide bonds. The minimum absolute atomic E-state index is 0.0887. The summed E-state index contributed by atoms with van der Waals surface area (Å²) in [6, 6.07) is 4.03. The molecule has 0 radical (unpaired) electrons. The van der Waals surface area contributed by atoms with Gasteiger partial charge in [0.25, 0.3) is 0 Å². The Bertz CT molecular complexity index is 517. The lowest BCUT2D eigenvalue weighted by Gasteiger charge is -2.25. The van der Waals surface area contributed by atoms with Crippen molar-refractivity contribution in [3.05, 3.63) is 28.2 Å². The molecule has 0 aliphatic heterocycles. The van der Waals surface area contributed by atoms with Gasteiger partial charge in [-0.2, -0.15) is 0 Å². The number of carbonyl (C=O) groups is 2. The Morgan fingerprint density at radius 2 is 2.00 bits per heavy atom. The van der Waals surface area contributed by atoms with Crippen LogP contribution >= 0.6 is 15.9 Å². The highest BCUT2D eigenvalue weighted by atomic mass is 79.9. The number of anilines is 1. The number of amides is 2. The Balaban J connectivity index is 2.78. The number of carboxylic acids is 1. The molecule has 1 rings (SSSR count). The Morgan fingerprint density at radius 3 is 2.55 bits per heavy atom. The van der Waals surface area contributed by atoms with Gasteiger partial charge in [-0.25, -0.2) is 9.59 Å². The molecular formula is C13H17BrN2O4. The third-order valence-electron chi connectivity index (χ3n) is 2.36. The molecule has 0 atom stereocenters. The first-order valence-electron chi connectivity index (χ1n) is 5.85. The van der Waals surface area contributed by atoms with Gasteiger partial charge in [-0.05, 0) is 32.0 Å². The van der Waals surface area contributed by atoms with Crippen LogP contribution in [0.3, 0.4) is 0 Å². The third kappa shape index (κ3) is 5.18. The van der Waals surface area contributed by atoms with E-state index in [1.807, 2.05) is 13.8 Å². The maximum absolute atomic E-state index is 11.9. The van der Waals surface area contributed by atoms with Gasteiger partial charge in [0.1, 0.15) is 0 Å². The monoisotopic (exact) mass is 344 g/mol. The lowest BCUT2D eigenvalue weighted by molar-refractivity contribution is 0.0696. The third-order valence-corrected chi connectivity index (χ3v) is 2.82. The summed E-state index contributed by atoms with van der Waals surface area (Å²) in [6.07, 6.45) is 0. The van der Waals surface area contributed by atoms with Crippen molar-refractivity contribution >= 4 is 33.6 Å². The average molecular weight is 345 g/mol. The zero-order valence-corrected chi connectivity index (χ0v) is 13.1. The van der Waals surface area contributed by atoms with E-state index in [-0.39, 0.29) is 5.56 Å². The van der Waals surface area contributed by atoms with Crippen LogP contribution in [-0.2, 0) is 4.74 Å². The molecule has 1 aromatic rings. The maximum atomic E-state index is 11.9. The molecule has 0 aromatic heterocycles. The number of carbonyl (C=O) groups excluding carboxylic acids is 1. The standard InChI is InChI=1S/C13H17BrN2O4/c1-13(2,7-20-3)16-12(19)15-10-5-8(11(17)18)4-9(14)6-10/h4-6H,7H2,1-3H3,(H,17,18)(H2,15,16,19). The number of rotatable bonds is 5. The number of hydrogen-bond acceptors (Lipinski definition) is 3. The first-order valence-corrected chi connectivity index (χ1v) is 6.65. The van der Waals surface area contributed by atoms with E-state index in [0.29, 0.717) is 16.8 Å². The second-order valence-corrected chi connectivity index (χ2v) is 5.85. The molecule has 7 heteroatoms. The van der Waals surface area contributed by atoms with Gasteiger partial charge in [-0.3, -0.25) is 0 Å². The van der Waals surface area contributed by atoms with Crippen molar-refractivity contribution in [1.29, 1.82) is 0 Å². The number of aromatic carboxylic acids is 1. The van der Waals surface area contributed by atoms with Crippen molar-refractivity contribution < 1.29 is 19.4 Å². The van der Waals surface area contributed by atoms with Crippen LogP contribution in [0.4, 0.5) is 10.5 Å². The Hall–Kier alpha value is -1.60. The van der Waals surface area contributed by atoms with Crippen LogP contribution < -0.4 is 10.6 Å². The van der Waals surface area contributed by atoms with E-state index in [9.17, 15) is 9.59 Å². The topological polar surface area (TPSA) is 87.7 Å². The summed E-state index contributed by atoms with van der Waals surface area (Å²) in [5.41, 5.74) is -0.0474. The number of hydrogen-bond donors (Lipinski definition) is 3. The van der Waals surface area contributed by atoms with Gasteiger partial charge in [-0.15, -0.1) is 0 Å². The summed E-state index contributed by atoms with van der Waals surface area (Å²) in [7, 11) is 1.55. The van der Waals surface area contributed by atoms with Crippen molar-refractivity contribution in [2.75, 3.05) is 19.0 Å². The summed E-state index contributed by atoms with van der Waals surface area (Å²) >= 11 is 3.20. The first-order chi connectivity index (χ1) is 9.23. The van der Waals surface area contributed by atoms with E-state index in [1.165, 1.54) is 12.1 Å². The van der Waals surface area contributed by atoms with Gasteiger partial charge < -0.3 is 20.5 Å². The number of halogens is 1. The van der Waals surface area contributed by atoms with E-state index in [2.05, 4.69) is 26.6 Å². The molecule has 1 aromatic carbocycles. The van der Waals surface area contributed by atoms with Crippen LogP contribution in [0.15, 0.2) is 22.7 Å². The number of methoxy groups -OCH3 is 1. The lowest BCUT2D eigenvalue weighted by Crippen LogP contribution is -2.48. The van der Waals surface area contributed by atoms with Gasteiger partial charge in [-0.1, -0.05) is 15.9 Å². The van der Waals surface area contributed by atoms with Crippen LogP contribution in [0, 0.1) is 0 Å². The molecule has 0 spiro atoms. The molecular weight excluding hydrogens is 328 g/mol. The molecule has 20 heavy (non-hydrogen) atoms. The summed E-state index contributed by atoms with van der Waals surface area (Å²) in [4.78, 5) is 22.8. The van der Waals surface area contributed by atoms with Crippen molar-refractivity contribution in [3.63, 3.8) is 0 Å². The maximum Gasteiger partial charge on any atom is 0.335 e. The fourth-order valence-corrected chi connectivity index (χ4v) is 2.15. The van der Waals surface area contributed by atoms with E-state index in [4.69, 9.17) is 9.84 Å². The van der Waals surface area contributed by atoms with Crippen LogP contribution in [0.25, 0.3) is 0 Å². The van der Waals surface area contributed by atoms with E-state index < -0.39 is 17.5 Å². The summed E-state index contributed by atoms with van der Waals surface area (Å²) < 4.78 is 5.57. The van der Waals surface area contributed by atoms with E-state index >= 15 is 0 Å². The number of urea groups is 1. The van der Waals surface area contributed by atoms with Crippen LogP contribution in [0.1, 0.15) is 24.2 Å². The summed E-state index contributed by atoms with van der Waals surface area (Å²) in [6.45, 7) is 4.00. The smallest absolute Gasteiger partial charge is 0.335 e. The quantitative estimate of drug-likeness (QED) is 0.766. The molecule has 0 bridgehead atoms. The van der Waals surface area contributed by atoms with Gasteiger partial charge >= 0.3 is 12.0 Å². The van der Waals surface area contributed by atoms with Crippen molar-refractivity contribution in [1.82, 2.24) is 5.32 Å². The second-order valence-electron chi connectivity index (χ2n) is 4.93. The first kappa shape index (κ1) is 16.5. The Labute approximate surface area is 125 Å². The highest BCUT2D eigenvalue weighted by Gasteiger charge is 2.20. The molecule has 0 saturated heterocycles. The SMILES string of the molecule is COCC(C)(C)NC(=O)Nc1cc(Br)cc(C(=O)O)c1. The number of benzene rings is 1. The largest absolute Gasteiger partial charge is 0.478 e. The molecule has 110 valence electrons. The summed E-state index contributed by atoms with van der Waals surface area (Å²) in [5, 5.41) is 14.3. The molecule has 0 aliphatic carbocycles. The molecule has 0 unspecified atom stereocenters. The minimum Gasteiger partial charge on any atom is -0.478 e. The van der Waals surface area contributed by atoms with Crippen LogP contribution in [-0.4, -0.2) is 36.4 Å². The van der Waals surface area contributed by atoms with Crippen molar-refractivity contribution in [2.24, 2.45) is 0 Å². The normalized spacial score (nSPS) is 11.0. The number of ether oxygens (including phenoxy) is 1. The fraction of sp³-hybridized carbons (Fsp3) is 0.385. The highest BCUT2D eigenvalue weighted by Crippen LogP contribution is 2.20. The number of nitrogens with one attached hydrogen (secondary N) is 2. The van der Waals surface area contributed by atoms with Crippen molar-refractivity contribution in [3.8, 4) is 0 Å². The molecule has 0 fully saturated rings. The molecule has 0 heterocycles. The van der Waals surface area contributed by atoms with Gasteiger partial charge in [0.2, 0.25) is 0 Å². The van der Waals surface area contributed by atoms with Crippen molar-refractivity contribution in [2.45, 2.75) is 19.4 Å². The van der Waals surface area contributed by atoms with E-state index in [1.54, 1.807) is 13.2 Å². The molecule has 0 aliphatic rings. The van der Waals surface area contributed by atoms with Gasteiger partial charge in [0.05, 0.1) is 17.7 Å². The average Bonchev–Trinajstić information content (AvgIpc) is 2.26. The lowest BCUT2D eigenvalue weighted by atomic mass is 10.1. The van der Waals surface area contributed by atoms with Gasteiger partial charge in [0, 0.05) is 17.3 Å². The Morgan fingerprint density at radius 1 is 1.35 bits per heavy atom. The van der Waals surface area contributed by atoms with E-state index in [0.717, 1.165) is 0 Å². The second kappa shape index (κ2) is 6.71. The minimum atomic E-state index is -1.06. The summed E-state index contributed by atoms with van der Waals surface area (Å²) in [5.74, 6) is -1.06. The predicted octanol–water partition coefficient (Wildman–Crippen LogP) is 2.69. The number of carboxylic acid groups (broad SMARTS) is 1. The molecule has 6 nitrogen and oxygen atoms in total. The zero-order valence-electron chi connectivity index (χ0n) is 11.5. The highest BCUT2D eigenvalue weighted by molar-refractivity contribution is 9.10. The van der Waals surface area contributed by atoms with Gasteiger partial charge in [0.15, 0.2) is 0 Å². The fourth-order valence-electron chi connectivity index (χ4n) is 1.65. The Kier molecular flexibility index (Phi) is 5.52. The van der Waals surface area contributed by atoms with Crippen LogP contribution in [0.5, 0.6) is 0 Å². The zero-order chi connectivity index (χ0) is 15.3. The predicted molar refractivity (Wildman–Crippen MR) is 79.2 cm³/mol.